The molecule has 0 atom stereocenters. The molecule has 0 saturated carbocycles. The molecule has 2 aromatic heterocycles. The highest BCUT2D eigenvalue weighted by atomic mass is 16.1. The molecule has 17 heavy (non-hydrogen) atoms. The summed E-state index contributed by atoms with van der Waals surface area (Å²) in [5.41, 5.74) is 6.74. The van der Waals surface area contributed by atoms with Crippen LogP contribution in [0.15, 0.2) is 11.0 Å². The van der Waals surface area contributed by atoms with Gasteiger partial charge in [0.25, 0.3) is 5.56 Å². The number of aromatic nitrogens is 3. The zero-order chi connectivity index (χ0) is 12.3. The molecule has 92 valence electrons. The van der Waals surface area contributed by atoms with Crippen molar-refractivity contribution in [3.63, 3.8) is 0 Å². The van der Waals surface area contributed by atoms with Gasteiger partial charge in [-0.05, 0) is 18.5 Å². The summed E-state index contributed by atoms with van der Waals surface area (Å²) in [4.78, 5) is 21.3. The van der Waals surface area contributed by atoms with Crippen LogP contribution in [-0.2, 0) is 6.54 Å². The number of unbranched alkanes of at least 4 members (excludes halogenated alkanes) is 1. The fourth-order valence-corrected chi connectivity index (χ4v) is 1.78. The van der Waals surface area contributed by atoms with Crippen LogP contribution < -0.4 is 16.6 Å². The van der Waals surface area contributed by atoms with Crippen molar-refractivity contribution in [1.82, 2.24) is 20.3 Å². The number of nitrogens with two attached hydrogens (primary N) is 1. The lowest BCUT2D eigenvalue weighted by Crippen LogP contribution is -2.17. The summed E-state index contributed by atoms with van der Waals surface area (Å²) >= 11 is 0. The topological polar surface area (TPSA) is 99.6 Å². The smallest absolute Gasteiger partial charge is 0.262 e. The molecule has 6 heteroatoms. The molecule has 0 bridgehead atoms. The van der Waals surface area contributed by atoms with Crippen LogP contribution in [0.2, 0.25) is 0 Å². The molecule has 0 aliphatic carbocycles. The first-order valence-corrected chi connectivity index (χ1v) is 5.79. The molecule has 6 nitrogen and oxygen atoms in total. The summed E-state index contributed by atoms with van der Waals surface area (Å²) in [6, 6.07) is 0. The van der Waals surface area contributed by atoms with E-state index < -0.39 is 0 Å². The number of fused-ring (bicyclic) bond motifs is 1. The molecule has 0 amide bonds. The van der Waals surface area contributed by atoms with Gasteiger partial charge in [0.1, 0.15) is 5.65 Å². The molecule has 0 aromatic carbocycles. The van der Waals surface area contributed by atoms with Gasteiger partial charge < -0.3 is 16.0 Å². The number of hydrogen-bond acceptors (Lipinski definition) is 4. The summed E-state index contributed by atoms with van der Waals surface area (Å²) in [6.45, 7) is 3.75. The predicted octanol–water partition coefficient (Wildman–Crippen LogP) is 0.723. The fraction of sp³-hybridized carbons (Fsp3) is 0.455. The summed E-state index contributed by atoms with van der Waals surface area (Å²) in [7, 11) is 0. The van der Waals surface area contributed by atoms with Crippen LogP contribution in [-0.4, -0.2) is 21.5 Å². The minimum Gasteiger partial charge on any atom is -0.369 e. The Bertz CT molecular complexity index is 556. The van der Waals surface area contributed by atoms with Crippen molar-refractivity contribution in [2.45, 2.75) is 26.3 Å². The van der Waals surface area contributed by atoms with Crippen LogP contribution in [0.1, 0.15) is 25.3 Å². The second-order valence-corrected chi connectivity index (χ2v) is 4.02. The molecular weight excluding hydrogens is 218 g/mol. The van der Waals surface area contributed by atoms with Crippen LogP contribution >= 0.6 is 0 Å². The number of nitrogen functional groups attached to an aromatic ring is 1. The lowest BCUT2D eigenvalue weighted by molar-refractivity contribution is 0.643. The zero-order valence-electron chi connectivity index (χ0n) is 9.84. The van der Waals surface area contributed by atoms with E-state index in [1.807, 2.05) is 0 Å². The van der Waals surface area contributed by atoms with Crippen LogP contribution in [0.4, 0.5) is 5.95 Å². The first kappa shape index (κ1) is 11.7. The molecule has 0 radical (unpaired) electrons. The third kappa shape index (κ3) is 2.47. The first-order valence-electron chi connectivity index (χ1n) is 5.79. The Morgan fingerprint density at radius 3 is 3.12 bits per heavy atom. The van der Waals surface area contributed by atoms with Crippen molar-refractivity contribution in [2.75, 3.05) is 12.3 Å². The highest BCUT2D eigenvalue weighted by molar-refractivity contribution is 5.79. The second kappa shape index (κ2) is 5.01. The van der Waals surface area contributed by atoms with Crippen molar-refractivity contribution in [3.8, 4) is 0 Å². The van der Waals surface area contributed by atoms with Crippen LogP contribution in [0.25, 0.3) is 11.0 Å². The lowest BCUT2D eigenvalue weighted by atomic mass is 10.2. The molecule has 0 saturated heterocycles. The molecule has 0 aliphatic heterocycles. The fourth-order valence-electron chi connectivity index (χ4n) is 1.78. The van der Waals surface area contributed by atoms with E-state index >= 15 is 0 Å². The zero-order valence-corrected chi connectivity index (χ0v) is 9.84. The maximum absolute atomic E-state index is 11.7. The molecule has 0 spiro atoms. The van der Waals surface area contributed by atoms with Gasteiger partial charge in [-0.3, -0.25) is 9.78 Å². The number of H-pyrrole nitrogens is 2. The van der Waals surface area contributed by atoms with Gasteiger partial charge in [0.05, 0.1) is 5.39 Å². The third-order valence-corrected chi connectivity index (χ3v) is 2.66. The average molecular weight is 235 g/mol. The molecule has 5 N–H and O–H groups in total. The SMILES string of the molecule is CCCCNCc1c[nH]c2nc(N)[nH]c(=O)c12. The van der Waals surface area contributed by atoms with E-state index in [1.54, 1.807) is 6.20 Å². The van der Waals surface area contributed by atoms with Crippen molar-refractivity contribution in [3.05, 3.63) is 22.1 Å². The Morgan fingerprint density at radius 1 is 1.53 bits per heavy atom. The Balaban J connectivity index is 2.21. The molecular formula is C11H17N5O. The van der Waals surface area contributed by atoms with E-state index in [9.17, 15) is 4.79 Å². The van der Waals surface area contributed by atoms with E-state index in [1.165, 1.54) is 0 Å². The number of nitrogens with one attached hydrogen (secondary N) is 3. The molecule has 0 fully saturated rings. The standard InChI is InChI=1S/C11H17N5O/c1-2-3-4-13-5-7-6-14-9-8(7)10(17)16-11(12)15-9/h6,13H,2-5H2,1H3,(H4,12,14,15,16,17). The molecule has 2 heterocycles. The van der Waals surface area contributed by atoms with Crippen LogP contribution in [0, 0.1) is 0 Å². The summed E-state index contributed by atoms with van der Waals surface area (Å²) in [5.74, 6) is 0.134. The van der Waals surface area contributed by atoms with E-state index in [0.717, 1.165) is 24.9 Å². The maximum atomic E-state index is 11.7. The number of rotatable bonds is 5. The lowest BCUT2D eigenvalue weighted by Gasteiger charge is -2.01. The van der Waals surface area contributed by atoms with Crippen molar-refractivity contribution < 1.29 is 0 Å². The minimum atomic E-state index is -0.193. The highest BCUT2D eigenvalue weighted by Gasteiger charge is 2.09. The van der Waals surface area contributed by atoms with Gasteiger partial charge in [0, 0.05) is 12.7 Å². The van der Waals surface area contributed by atoms with E-state index in [2.05, 4.69) is 27.2 Å². The number of hydrogen-bond donors (Lipinski definition) is 4. The van der Waals surface area contributed by atoms with Gasteiger partial charge >= 0.3 is 0 Å². The molecule has 2 aromatic rings. The summed E-state index contributed by atoms with van der Waals surface area (Å²) in [5, 5.41) is 3.88. The third-order valence-electron chi connectivity index (χ3n) is 2.66. The van der Waals surface area contributed by atoms with E-state index in [-0.39, 0.29) is 11.5 Å². The van der Waals surface area contributed by atoms with Crippen LogP contribution in [0.3, 0.4) is 0 Å². The van der Waals surface area contributed by atoms with Gasteiger partial charge in [0.2, 0.25) is 5.95 Å². The predicted molar refractivity (Wildman–Crippen MR) is 67.7 cm³/mol. The van der Waals surface area contributed by atoms with Crippen LogP contribution in [0.5, 0.6) is 0 Å². The first-order chi connectivity index (χ1) is 8.22. The highest BCUT2D eigenvalue weighted by Crippen LogP contribution is 2.11. The number of aromatic amines is 2. The van der Waals surface area contributed by atoms with Crippen molar-refractivity contribution >= 4 is 17.0 Å². The Labute approximate surface area is 98.6 Å². The van der Waals surface area contributed by atoms with Gasteiger partial charge in [-0.2, -0.15) is 4.98 Å². The largest absolute Gasteiger partial charge is 0.369 e. The molecule has 0 unspecified atom stereocenters. The Kier molecular flexibility index (Phi) is 3.43. The number of nitrogens with zero attached hydrogens (tertiary/aromatic N) is 1. The minimum absolute atomic E-state index is 0.134. The quantitative estimate of drug-likeness (QED) is 0.574. The monoisotopic (exact) mass is 235 g/mol. The molecule has 2 rings (SSSR count). The van der Waals surface area contributed by atoms with Gasteiger partial charge in [-0.15, -0.1) is 0 Å². The average Bonchev–Trinajstić information content (AvgIpc) is 2.68. The number of anilines is 1. The molecule has 0 aliphatic rings. The van der Waals surface area contributed by atoms with E-state index in [4.69, 9.17) is 5.73 Å². The summed E-state index contributed by atoms with van der Waals surface area (Å²) < 4.78 is 0. The normalized spacial score (nSPS) is 11.1. The second-order valence-electron chi connectivity index (χ2n) is 4.02. The van der Waals surface area contributed by atoms with Gasteiger partial charge in [-0.25, -0.2) is 0 Å². The van der Waals surface area contributed by atoms with E-state index in [0.29, 0.717) is 17.6 Å². The van der Waals surface area contributed by atoms with Gasteiger partial charge in [0.15, 0.2) is 0 Å². The Hall–Kier alpha value is -1.82. The van der Waals surface area contributed by atoms with Gasteiger partial charge in [-0.1, -0.05) is 13.3 Å². The Morgan fingerprint density at radius 2 is 2.35 bits per heavy atom. The van der Waals surface area contributed by atoms with Crippen molar-refractivity contribution in [1.29, 1.82) is 0 Å². The summed E-state index contributed by atoms with van der Waals surface area (Å²) in [6.07, 6.45) is 4.08. The van der Waals surface area contributed by atoms with Crippen molar-refractivity contribution in [2.24, 2.45) is 0 Å². The maximum Gasteiger partial charge on any atom is 0.262 e.